The van der Waals surface area contributed by atoms with Crippen molar-refractivity contribution < 1.29 is 0 Å². The number of unbranched alkanes of at least 4 members (excludes halogenated alkanes) is 1. The molecular weight excluding hydrogens is 232 g/mol. The zero-order valence-electron chi connectivity index (χ0n) is 13.8. The molecule has 3 unspecified atom stereocenters. The predicted molar refractivity (Wildman–Crippen MR) is 85.7 cm³/mol. The van der Waals surface area contributed by atoms with E-state index in [4.69, 9.17) is 0 Å². The molecule has 0 aliphatic heterocycles. The van der Waals surface area contributed by atoms with Crippen molar-refractivity contribution in [3.63, 3.8) is 0 Å². The normalized spacial score (nSPS) is 25.7. The number of rotatable bonds is 9. The van der Waals surface area contributed by atoms with E-state index in [9.17, 15) is 0 Å². The number of hydrogen-bond acceptors (Lipinski definition) is 2. The summed E-state index contributed by atoms with van der Waals surface area (Å²) >= 11 is 0. The van der Waals surface area contributed by atoms with Gasteiger partial charge in [0.2, 0.25) is 0 Å². The molecule has 1 aliphatic rings. The molecule has 0 amide bonds. The second-order valence-corrected chi connectivity index (χ2v) is 6.26. The van der Waals surface area contributed by atoms with E-state index in [1.165, 1.54) is 64.5 Å². The molecule has 1 N–H and O–H groups in total. The maximum Gasteiger partial charge on any atom is 0.0252 e. The van der Waals surface area contributed by atoms with Crippen LogP contribution in [0.4, 0.5) is 0 Å². The van der Waals surface area contributed by atoms with Crippen LogP contribution >= 0.6 is 0 Å². The molecule has 0 radical (unpaired) electrons. The van der Waals surface area contributed by atoms with Crippen LogP contribution < -0.4 is 5.32 Å². The van der Waals surface area contributed by atoms with Crippen LogP contribution in [0.3, 0.4) is 0 Å². The lowest BCUT2D eigenvalue weighted by atomic mass is 9.87. The van der Waals surface area contributed by atoms with E-state index in [-0.39, 0.29) is 0 Å². The zero-order valence-corrected chi connectivity index (χ0v) is 13.8. The molecule has 1 fully saturated rings. The van der Waals surface area contributed by atoms with Crippen LogP contribution in [0.5, 0.6) is 0 Å². The van der Waals surface area contributed by atoms with Crippen molar-refractivity contribution in [2.75, 3.05) is 13.1 Å². The monoisotopic (exact) mass is 268 g/mol. The van der Waals surface area contributed by atoms with Crippen LogP contribution in [0.1, 0.15) is 79.1 Å². The zero-order chi connectivity index (χ0) is 14.1. The smallest absolute Gasteiger partial charge is 0.0252 e. The topological polar surface area (TPSA) is 15.3 Å². The standard InChI is InChI=1S/C17H36N2/c1-5-8-14-19(15(4)7-3)17-12-10-9-11-16(17)18-13-6-2/h15-18H,5-14H2,1-4H3. The fourth-order valence-corrected chi connectivity index (χ4v) is 3.36. The number of nitrogens with zero attached hydrogens (tertiary/aromatic N) is 1. The van der Waals surface area contributed by atoms with E-state index in [1.807, 2.05) is 0 Å². The quantitative estimate of drug-likeness (QED) is 0.674. The second kappa shape index (κ2) is 9.77. The summed E-state index contributed by atoms with van der Waals surface area (Å²) in [7, 11) is 0. The minimum Gasteiger partial charge on any atom is -0.312 e. The first kappa shape index (κ1) is 17.0. The first-order valence-electron chi connectivity index (χ1n) is 8.73. The lowest BCUT2D eigenvalue weighted by Crippen LogP contribution is -2.54. The van der Waals surface area contributed by atoms with Gasteiger partial charge >= 0.3 is 0 Å². The molecule has 0 saturated heterocycles. The third-order valence-electron chi connectivity index (χ3n) is 4.74. The van der Waals surface area contributed by atoms with Gasteiger partial charge in [0.1, 0.15) is 0 Å². The summed E-state index contributed by atoms with van der Waals surface area (Å²) in [6, 6.07) is 2.25. The van der Waals surface area contributed by atoms with Gasteiger partial charge in [-0.3, -0.25) is 4.90 Å². The van der Waals surface area contributed by atoms with Crippen molar-refractivity contribution in [3.05, 3.63) is 0 Å². The van der Waals surface area contributed by atoms with Crippen molar-refractivity contribution in [1.29, 1.82) is 0 Å². The van der Waals surface area contributed by atoms with Gasteiger partial charge in [0, 0.05) is 18.1 Å². The van der Waals surface area contributed by atoms with Gasteiger partial charge in [-0.1, -0.05) is 40.0 Å². The second-order valence-electron chi connectivity index (χ2n) is 6.26. The van der Waals surface area contributed by atoms with Gasteiger partial charge in [-0.15, -0.1) is 0 Å². The Kier molecular flexibility index (Phi) is 8.72. The average molecular weight is 268 g/mol. The lowest BCUT2D eigenvalue weighted by Gasteiger charge is -2.43. The molecular formula is C17H36N2. The van der Waals surface area contributed by atoms with E-state index in [0.29, 0.717) is 0 Å². The Bertz CT molecular complexity index is 217. The molecule has 0 bridgehead atoms. The van der Waals surface area contributed by atoms with Gasteiger partial charge in [-0.2, -0.15) is 0 Å². The summed E-state index contributed by atoms with van der Waals surface area (Å²) in [6.45, 7) is 11.8. The van der Waals surface area contributed by atoms with E-state index >= 15 is 0 Å². The highest BCUT2D eigenvalue weighted by molar-refractivity contribution is 4.90. The fourth-order valence-electron chi connectivity index (χ4n) is 3.36. The molecule has 2 nitrogen and oxygen atoms in total. The number of nitrogens with one attached hydrogen (secondary N) is 1. The minimum absolute atomic E-state index is 0.736. The fraction of sp³-hybridized carbons (Fsp3) is 1.00. The van der Waals surface area contributed by atoms with Crippen LogP contribution in [-0.2, 0) is 0 Å². The molecule has 1 aliphatic carbocycles. The predicted octanol–water partition coefficient (Wildman–Crippen LogP) is 4.20. The number of hydrogen-bond donors (Lipinski definition) is 1. The van der Waals surface area contributed by atoms with Gasteiger partial charge in [-0.05, 0) is 52.1 Å². The van der Waals surface area contributed by atoms with Gasteiger partial charge < -0.3 is 5.32 Å². The molecule has 114 valence electrons. The molecule has 1 rings (SSSR count). The van der Waals surface area contributed by atoms with Crippen LogP contribution in [-0.4, -0.2) is 36.1 Å². The molecule has 1 saturated carbocycles. The minimum atomic E-state index is 0.736. The summed E-state index contributed by atoms with van der Waals surface area (Å²) in [5.74, 6) is 0. The summed E-state index contributed by atoms with van der Waals surface area (Å²) in [4.78, 5) is 2.82. The molecule has 0 heterocycles. The highest BCUT2D eigenvalue weighted by atomic mass is 15.2. The van der Waals surface area contributed by atoms with Gasteiger partial charge in [0.05, 0.1) is 0 Å². The highest BCUT2D eigenvalue weighted by Crippen LogP contribution is 2.26. The molecule has 19 heavy (non-hydrogen) atoms. The van der Waals surface area contributed by atoms with Crippen molar-refractivity contribution >= 4 is 0 Å². The maximum atomic E-state index is 3.82. The van der Waals surface area contributed by atoms with Crippen molar-refractivity contribution in [2.45, 2.75) is 97.2 Å². The van der Waals surface area contributed by atoms with Gasteiger partial charge in [0.25, 0.3) is 0 Å². The van der Waals surface area contributed by atoms with Crippen molar-refractivity contribution in [1.82, 2.24) is 10.2 Å². The molecule has 0 aromatic carbocycles. The summed E-state index contributed by atoms with van der Waals surface area (Å²) in [6.07, 6.45) is 10.8. The largest absolute Gasteiger partial charge is 0.312 e. The van der Waals surface area contributed by atoms with E-state index in [1.54, 1.807) is 0 Å². The van der Waals surface area contributed by atoms with Crippen LogP contribution in [0.15, 0.2) is 0 Å². The summed E-state index contributed by atoms with van der Waals surface area (Å²) in [5, 5.41) is 3.82. The first-order chi connectivity index (χ1) is 9.24. The van der Waals surface area contributed by atoms with E-state index in [2.05, 4.69) is 37.9 Å². The molecule has 0 aromatic heterocycles. The van der Waals surface area contributed by atoms with Crippen LogP contribution in [0.25, 0.3) is 0 Å². The van der Waals surface area contributed by atoms with Crippen LogP contribution in [0, 0.1) is 0 Å². The Morgan fingerprint density at radius 1 is 1.11 bits per heavy atom. The lowest BCUT2D eigenvalue weighted by molar-refractivity contribution is 0.0814. The Hall–Kier alpha value is -0.0800. The Morgan fingerprint density at radius 3 is 2.47 bits per heavy atom. The molecule has 3 atom stereocenters. The van der Waals surface area contributed by atoms with E-state index < -0.39 is 0 Å². The molecule has 0 aromatic rings. The van der Waals surface area contributed by atoms with E-state index in [0.717, 1.165) is 18.1 Å². The summed E-state index contributed by atoms with van der Waals surface area (Å²) < 4.78 is 0. The van der Waals surface area contributed by atoms with Crippen molar-refractivity contribution in [3.8, 4) is 0 Å². The Morgan fingerprint density at radius 2 is 1.84 bits per heavy atom. The summed E-state index contributed by atoms with van der Waals surface area (Å²) in [5.41, 5.74) is 0. The van der Waals surface area contributed by atoms with Gasteiger partial charge in [-0.25, -0.2) is 0 Å². The third kappa shape index (κ3) is 5.43. The Labute approximate surface area is 121 Å². The Balaban J connectivity index is 2.65. The molecule has 0 spiro atoms. The van der Waals surface area contributed by atoms with Crippen LogP contribution in [0.2, 0.25) is 0 Å². The third-order valence-corrected chi connectivity index (χ3v) is 4.74. The SMILES string of the molecule is CCCCN(C(C)CC)C1CCCCC1NCCC. The first-order valence-corrected chi connectivity index (χ1v) is 8.73. The average Bonchev–Trinajstić information content (AvgIpc) is 2.46. The highest BCUT2D eigenvalue weighted by Gasteiger charge is 2.31. The van der Waals surface area contributed by atoms with Crippen molar-refractivity contribution in [2.24, 2.45) is 0 Å². The maximum absolute atomic E-state index is 3.82. The molecule has 2 heteroatoms. The van der Waals surface area contributed by atoms with Gasteiger partial charge in [0.15, 0.2) is 0 Å².